The Kier molecular flexibility index (Phi) is 3.13. The summed E-state index contributed by atoms with van der Waals surface area (Å²) in [5.41, 5.74) is 0.477. The van der Waals surface area contributed by atoms with Crippen molar-refractivity contribution in [3.05, 3.63) is 32.8 Å². The largest absolute Gasteiger partial charge is 0.454 e. The molecule has 106 valence electrons. The molecule has 2 atom stereocenters. The first-order valence-corrected chi connectivity index (χ1v) is 6.46. The predicted octanol–water partition coefficient (Wildman–Crippen LogP) is 1.67. The van der Waals surface area contributed by atoms with Crippen molar-refractivity contribution in [2.75, 3.05) is 6.79 Å². The van der Waals surface area contributed by atoms with Gasteiger partial charge in [0.15, 0.2) is 11.5 Å². The lowest BCUT2D eigenvalue weighted by Crippen LogP contribution is -2.45. The van der Waals surface area contributed by atoms with Crippen molar-refractivity contribution >= 4 is 17.5 Å². The van der Waals surface area contributed by atoms with Gasteiger partial charge in [0.05, 0.1) is 5.02 Å². The number of rotatable bonds is 2. The molecule has 2 heterocycles. The number of amides is 1. The maximum atomic E-state index is 11.5. The normalized spacial score (nSPS) is 24.4. The van der Waals surface area contributed by atoms with Gasteiger partial charge in [-0.1, -0.05) is 11.6 Å². The van der Waals surface area contributed by atoms with E-state index in [-0.39, 0.29) is 30.5 Å². The monoisotopic (exact) mass is 298 g/mol. The van der Waals surface area contributed by atoms with Crippen molar-refractivity contribution < 1.29 is 19.2 Å². The molecule has 0 aromatic heterocycles. The summed E-state index contributed by atoms with van der Waals surface area (Å²) < 4.78 is 10.4. The summed E-state index contributed by atoms with van der Waals surface area (Å²) in [5.74, 6) is 0.756. The van der Waals surface area contributed by atoms with Crippen molar-refractivity contribution in [1.82, 2.24) is 5.32 Å². The Labute approximate surface area is 119 Å². The van der Waals surface area contributed by atoms with Crippen LogP contribution in [-0.4, -0.2) is 23.7 Å². The lowest BCUT2D eigenvalue weighted by atomic mass is 9.92. The molecular formula is C12H11ClN2O5. The maximum Gasteiger partial charge on any atom is 0.237 e. The molecule has 1 saturated heterocycles. The summed E-state index contributed by atoms with van der Waals surface area (Å²) in [6, 6.07) is 1.49. The molecule has 1 N–H and O–H groups in total. The van der Waals surface area contributed by atoms with Crippen LogP contribution in [0.1, 0.15) is 24.4 Å². The van der Waals surface area contributed by atoms with Gasteiger partial charge in [0.25, 0.3) is 0 Å². The summed E-state index contributed by atoms with van der Waals surface area (Å²) in [6.07, 6.45) is 0.332. The maximum absolute atomic E-state index is 11.5. The molecule has 0 radical (unpaired) electrons. The van der Waals surface area contributed by atoms with Gasteiger partial charge in [0.1, 0.15) is 6.04 Å². The second-order valence-electron chi connectivity index (χ2n) is 4.66. The van der Waals surface area contributed by atoms with Gasteiger partial charge in [-0.05, 0) is 6.07 Å². The van der Waals surface area contributed by atoms with Crippen LogP contribution in [0.2, 0.25) is 5.02 Å². The van der Waals surface area contributed by atoms with Crippen LogP contribution in [0.3, 0.4) is 0 Å². The molecule has 1 aromatic carbocycles. The second kappa shape index (κ2) is 4.82. The van der Waals surface area contributed by atoms with E-state index in [4.69, 9.17) is 21.1 Å². The van der Waals surface area contributed by atoms with Gasteiger partial charge in [-0.15, -0.1) is 0 Å². The molecule has 1 amide bonds. The minimum atomic E-state index is -0.898. The molecule has 0 bridgehead atoms. The molecule has 0 saturated carbocycles. The predicted molar refractivity (Wildman–Crippen MR) is 68.5 cm³/mol. The zero-order valence-electron chi connectivity index (χ0n) is 10.3. The number of ether oxygens (including phenoxy) is 2. The quantitative estimate of drug-likeness (QED) is 0.662. The van der Waals surface area contributed by atoms with E-state index in [2.05, 4.69) is 5.32 Å². The standard InChI is InChI=1S/C12H11ClN2O5/c13-7-4-10-9(19-5-20-10)3-6(7)12-8(15(17)18)1-2-11(16)14-12/h3-4,8,12H,1-2,5H2,(H,14,16)/t8-,12-/m1/s1. The molecule has 0 unspecified atom stereocenters. The highest BCUT2D eigenvalue weighted by Crippen LogP contribution is 2.40. The van der Waals surface area contributed by atoms with Crippen molar-refractivity contribution in [2.45, 2.75) is 24.9 Å². The molecule has 1 fully saturated rings. The average Bonchev–Trinajstić information content (AvgIpc) is 2.84. The van der Waals surface area contributed by atoms with Crippen LogP contribution in [-0.2, 0) is 4.79 Å². The SMILES string of the molecule is O=C1CC[C@@H]([N+](=O)[O-])[C@@H](c2cc3c(cc2Cl)OCO3)N1. The fraction of sp³-hybridized carbons (Fsp3) is 0.417. The van der Waals surface area contributed by atoms with Crippen LogP contribution in [0.5, 0.6) is 11.5 Å². The van der Waals surface area contributed by atoms with Crippen LogP contribution in [0.4, 0.5) is 0 Å². The van der Waals surface area contributed by atoms with Gasteiger partial charge < -0.3 is 14.8 Å². The van der Waals surface area contributed by atoms with Crippen LogP contribution < -0.4 is 14.8 Å². The van der Waals surface area contributed by atoms with Crippen LogP contribution in [0.25, 0.3) is 0 Å². The zero-order valence-corrected chi connectivity index (χ0v) is 11.1. The Balaban J connectivity index is 2.01. The smallest absolute Gasteiger partial charge is 0.237 e. The highest BCUT2D eigenvalue weighted by Gasteiger charge is 2.39. The minimum Gasteiger partial charge on any atom is -0.454 e. The number of piperidine rings is 1. The number of hydrogen-bond acceptors (Lipinski definition) is 5. The lowest BCUT2D eigenvalue weighted by molar-refractivity contribution is -0.529. The van der Waals surface area contributed by atoms with E-state index < -0.39 is 12.1 Å². The van der Waals surface area contributed by atoms with E-state index in [9.17, 15) is 14.9 Å². The number of benzene rings is 1. The third-order valence-electron chi connectivity index (χ3n) is 3.47. The van der Waals surface area contributed by atoms with Crippen LogP contribution >= 0.6 is 11.6 Å². The van der Waals surface area contributed by atoms with Crippen molar-refractivity contribution in [3.63, 3.8) is 0 Å². The number of fused-ring (bicyclic) bond motifs is 1. The van der Waals surface area contributed by atoms with E-state index >= 15 is 0 Å². The summed E-state index contributed by atoms with van der Waals surface area (Å²) >= 11 is 6.15. The van der Waals surface area contributed by atoms with Crippen molar-refractivity contribution in [3.8, 4) is 11.5 Å². The van der Waals surface area contributed by atoms with E-state index in [0.717, 1.165) is 0 Å². The lowest BCUT2D eigenvalue weighted by Gasteiger charge is -2.27. The number of carbonyl (C=O) groups excluding carboxylic acids is 1. The molecule has 20 heavy (non-hydrogen) atoms. The Morgan fingerprint density at radius 3 is 2.75 bits per heavy atom. The van der Waals surface area contributed by atoms with Gasteiger partial charge in [0, 0.05) is 29.4 Å². The Morgan fingerprint density at radius 1 is 1.35 bits per heavy atom. The highest BCUT2D eigenvalue weighted by molar-refractivity contribution is 6.31. The molecule has 2 aliphatic heterocycles. The van der Waals surface area contributed by atoms with E-state index in [0.29, 0.717) is 22.1 Å². The van der Waals surface area contributed by atoms with Crippen LogP contribution in [0.15, 0.2) is 12.1 Å². The fourth-order valence-corrected chi connectivity index (χ4v) is 2.74. The number of halogens is 1. The third-order valence-corrected chi connectivity index (χ3v) is 3.79. The highest BCUT2D eigenvalue weighted by atomic mass is 35.5. The molecular weight excluding hydrogens is 288 g/mol. The number of nitrogens with one attached hydrogen (secondary N) is 1. The van der Waals surface area contributed by atoms with Gasteiger partial charge in [-0.2, -0.15) is 0 Å². The van der Waals surface area contributed by atoms with E-state index in [1.807, 2.05) is 0 Å². The molecule has 1 aromatic rings. The summed E-state index contributed by atoms with van der Waals surface area (Å²) in [7, 11) is 0. The summed E-state index contributed by atoms with van der Waals surface area (Å²) in [4.78, 5) is 22.3. The Hall–Kier alpha value is -2.02. The van der Waals surface area contributed by atoms with Crippen LogP contribution in [0, 0.1) is 10.1 Å². The topological polar surface area (TPSA) is 90.7 Å². The number of nitrogens with zero attached hydrogens (tertiary/aromatic N) is 1. The minimum absolute atomic E-state index is 0.0881. The first-order valence-electron chi connectivity index (χ1n) is 6.08. The molecule has 8 heteroatoms. The van der Waals surface area contributed by atoms with Gasteiger partial charge in [-0.3, -0.25) is 14.9 Å². The average molecular weight is 299 g/mol. The van der Waals surface area contributed by atoms with Gasteiger partial charge in [-0.25, -0.2) is 0 Å². The number of nitro groups is 1. The first kappa shape index (κ1) is 13.0. The molecule has 7 nitrogen and oxygen atoms in total. The molecule has 2 aliphatic rings. The zero-order chi connectivity index (χ0) is 14.3. The molecule has 0 aliphatic carbocycles. The number of carbonyl (C=O) groups is 1. The Bertz CT molecular complexity index is 591. The van der Waals surface area contributed by atoms with Gasteiger partial charge >= 0.3 is 0 Å². The summed E-state index contributed by atoms with van der Waals surface area (Å²) in [6.45, 7) is 0.0881. The van der Waals surface area contributed by atoms with E-state index in [1.54, 1.807) is 12.1 Å². The number of hydrogen-bond donors (Lipinski definition) is 1. The second-order valence-corrected chi connectivity index (χ2v) is 5.07. The Morgan fingerprint density at radius 2 is 2.05 bits per heavy atom. The molecule has 3 rings (SSSR count). The third kappa shape index (κ3) is 2.14. The molecule has 0 spiro atoms. The fourth-order valence-electron chi connectivity index (χ4n) is 2.47. The summed E-state index contributed by atoms with van der Waals surface area (Å²) in [5, 5.41) is 14.1. The van der Waals surface area contributed by atoms with Crippen molar-refractivity contribution in [1.29, 1.82) is 0 Å². The van der Waals surface area contributed by atoms with Gasteiger partial charge in [0.2, 0.25) is 18.7 Å². The first-order chi connectivity index (χ1) is 9.56. The van der Waals surface area contributed by atoms with Crippen molar-refractivity contribution in [2.24, 2.45) is 0 Å². The van der Waals surface area contributed by atoms with E-state index in [1.165, 1.54) is 0 Å².